The second kappa shape index (κ2) is 4.88. The van der Waals surface area contributed by atoms with Crippen LogP contribution in [0.2, 0.25) is 0 Å². The molecule has 84 valence electrons. The first-order chi connectivity index (χ1) is 6.68. The highest BCUT2D eigenvalue weighted by Crippen LogP contribution is 2.41. The molecule has 1 fully saturated rings. The van der Waals surface area contributed by atoms with E-state index in [-0.39, 0.29) is 4.70 Å². The minimum absolute atomic E-state index is 0. The Morgan fingerprint density at radius 2 is 1.87 bits per heavy atom. The van der Waals surface area contributed by atoms with Crippen molar-refractivity contribution in [2.45, 2.75) is 31.9 Å². The van der Waals surface area contributed by atoms with Crippen LogP contribution < -0.4 is 0 Å². The smallest absolute Gasteiger partial charge is 0.121 e. The summed E-state index contributed by atoms with van der Waals surface area (Å²) in [7, 11) is 0. The molecular formula is C12H17FOS. The molecule has 0 aliphatic carbocycles. The molecule has 1 unspecified atom stereocenters. The summed E-state index contributed by atoms with van der Waals surface area (Å²) in [6.45, 7) is 3.96. The maximum absolute atomic E-state index is 9.67. The van der Waals surface area contributed by atoms with E-state index >= 15 is 0 Å². The molecule has 15 heavy (non-hydrogen) atoms. The van der Waals surface area contributed by atoms with E-state index in [1.54, 1.807) is 0 Å². The van der Waals surface area contributed by atoms with E-state index in [9.17, 15) is 5.11 Å². The predicted molar refractivity (Wildman–Crippen MR) is 64.5 cm³/mol. The Hall–Kier alpha value is -0.700. The second-order valence-corrected chi connectivity index (χ2v) is 5.32. The molecule has 1 aromatic rings. The van der Waals surface area contributed by atoms with Gasteiger partial charge in [-0.25, -0.2) is 0 Å². The third-order valence-corrected chi connectivity index (χ3v) is 4.25. The lowest BCUT2D eigenvalue weighted by molar-refractivity contribution is 0.466. The fraction of sp³-hybridized carbons (Fsp3) is 0.500. The van der Waals surface area contributed by atoms with Crippen LogP contribution >= 0.6 is 11.8 Å². The van der Waals surface area contributed by atoms with Gasteiger partial charge in [0.1, 0.15) is 5.75 Å². The highest BCUT2D eigenvalue weighted by atomic mass is 32.2. The SMILES string of the molecule is Cc1cc(C2CCCS2)cc(C)c1O.F. The molecular weight excluding hydrogens is 211 g/mol. The van der Waals surface area contributed by atoms with Crippen LogP contribution in [0.3, 0.4) is 0 Å². The number of phenolic OH excluding ortho intramolecular Hbond substituents is 1. The zero-order valence-corrected chi connectivity index (χ0v) is 9.93. The van der Waals surface area contributed by atoms with Crippen molar-refractivity contribution in [3.63, 3.8) is 0 Å². The Bertz CT molecular complexity index is 322. The summed E-state index contributed by atoms with van der Waals surface area (Å²) in [6.07, 6.45) is 2.61. The maximum Gasteiger partial charge on any atom is 0.121 e. The first-order valence-electron chi connectivity index (χ1n) is 5.10. The summed E-state index contributed by atoms with van der Waals surface area (Å²) in [5.74, 6) is 1.74. The average Bonchev–Trinajstić information content (AvgIpc) is 2.66. The van der Waals surface area contributed by atoms with Gasteiger partial charge in [-0.3, -0.25) is 4.70 Å². The molecule has 0 aromatic heterocycles. The fourth-order valence-corrected chi connectivity index (χ4v) is 3.30. The summed E-state index contributed by atoms with van der Waals surface area (Å²) >= 11 is 2.04. The van der Waals surface area contributed by atoms with Crippen LogP contribution in [0, 0.1) is 13.8 Å². The van der Waals surface area contributed by atoms with Crippen LogP contribution in [0.25, 0.3) is 0 Å². The molecule has 0 bridgehead atoms. The van der Waals surface area contributed by atoms with Gasteiger partial charge in [0.25, 0.3) is 0 Å². The van der Waals surface area contributed by atoms with Gasteiger partial charge in [0.05, 0.1) is 0 Å². The Labute approximate surface area is 94.3 Å². The minimum Gasteiger partial charge on any atom is -0.507 e. The van der Waals surface area contributed by atoms with Crippen LogP contribution in [0.15, 0.2) is 12.1 Å². The van der Waals surface area contributed by atoms with Crippen molar-refractivity contribution < 1.29 is 9.81 Å². The van der Waals surface area contributed by atoms with Gasteiger partial charge in [-0.2, -0.15) is 11.8 Å². The molecule has 1 aliphatic rings. The number of rotatable bonds is 1. The summed E-state index contributed by atoms with van der Waals surface area (Å²) in [6, 6.07) is 4.26. The van der Waals surface area contributed by atoms with Crippen LogP contribution in [-0.4, -0.2) is 10.9 Å². The molecule has 1 nitrogen and oxygen atoms in total. The molecule has 1 atom stereocenters. The lowest BCUT2D eigenvalue weighted by Crippen LogP contribution is -1.91. The molecule has 1 saturated heterocycles. The lowest BCUT2D eigenvalue weighted by Gasteiger charge is -2.12. The molecule has 0 spiro atoms. The van der Waals surface area contributed by atoms with Crippen molar-refractivity contribution in [1.29, 1.82) is 0 Å². The fourth-order valence-electron chi connectivity index (χ4n) is 2.02. The molecule has 0 radical (unpaired) electrons. The molecule has 0 saturated carbocycles. The predicted octanol–water partition coefficient (Wildman–Crippen LogP) is 3.73. The van der Waals surface area contributed by atoms with Crippen LogP contribution in [0.4, 0.5) is 4.70 Å². The van der Waals surface area contributed by atoms with Gasteiger partial charge in [-0.05, 0) is 49.1 Å². The maximum atomic E-state index is 9.67. The number of hydrogen-bond donors (Lipinski definition) is 1. The lowest BCUT2D eigenvalue weighted by atomic mass is 10.0. The zero-order valence-electron chi connectivity index (χ0n) is 9.12. The third kappa shape index (κ3) is 2.46. The number of thioether (sulfide) groups is 1. The number of aryl methyl sites for hydroxylation is 2. The van der Waals surface area contributed by atoms with Gasteiger partial charge in [-0.15, -0.1) is 0 Å². The minimum atomic E-state index is 0. The van der Waals surface area contributed by atoms with Crippen molar-refractivity contribution in [3.8, 4) is 5.75 Å². The first kappa shape index (κ1) is 12.4. The summed E-state index contributed by atoms with van der Waals surface area (Å²) in [5, 5.41) is 10.3. The number of phenols is 1. The van der Waals surface area contributed by atoms with Crippen LogP contribution in [0.1, 0.15) is 34.8 Å². The van der Waals surface area contributed by atoms with Crippen LogP contribution in [0.5, 0.6) is 5.75 Å². The molecule has 2 rings (SSSR count). The number of aromatic hydroxyl groups is 1. The quantitative estimate of drug-likeness (QED) is 0.790. The topological polar surface area (TPSA) is 20.2 Å². The normalized spacial score (nSPS) is 20.0. The van der Waals surface area contributed by atoms with Gasteiger partial charge in [0, 0.05) is 5.25 Å². The molecule has 1 heterocycles. The van der Waals surface area contributed by atoms with Gasteiger partial charge in [-0.1, -0.05) is 12.1 Å². The molecule has 1 N–H and O–H groups in total. The van der Waals surface area contributed by atoms with E-state index in [0.29, 0.717) is 11.0 Å². The van der Waals surface area contributed by atoms with Crippen LogP contribution in [-0.2, 0) is 0 Å². The Morgan fingerprint density at radius 1 is 1.27 bits per heavy atom. The highest BCUT2D eigenvalue weighted by Gasteiger charge is 2.18. The van der Waals surface area contributed by atoms with Crippen molar-refractivity contribution in [1.82, 2.24) is 0 Å². The van der Waals surface area contributed by atoms with Gasteiger partial charge < -0.3 is 5.11 Å². The van der Waals surface area contributed by atoms with Gasteiger partial charge in [0.15, 0.2) is 0 Å². The molecule has 1 aromatic carbocycles. The van der Waals surface area contributed by atoms with Gasteiger partial charge >= 0.3 is 0 Å². The zero-order chi connectivity index (χ0) is 10.1. The second-order valence-electron chi connectivity index (χ2n) is 4.00. The summed E-state index contributed by atoms with van der Waals surface area (Å²) in [5.41, 5.74) is 3.40. The van der Waals surface area contributed by atoms with Crippen molar-refractivity contribution in [2.75, 3.05) is 5.75 Å². The molecule has 3 heteroatoms. The van der Waals surface area contributed by atoms with Crippen molar-refractivity contribution >= 4 is 11.8 Å². The van der Waals surface area contributed by atoms with E-state index in [4.69, 9.17) is 0 Å². The Kier molecular flexibility index (Phi) is 4.03. The Balaban J connectivity index is 0.00000112. The van der Waals surface area contributed by atoms with E-state index in [1.165, 1.54) is 24.2 Å². The average molecular weight is 228 g/mol. The first-order valence-corrected chi connectivity index (χ1v) is 6.15. The van der Waals surface area contributed by atoms with E-state index in [2.05, 4.69) is 12.1 Å². The number of halogens is 1. The molecule has 1 aliphatic heterocycles. The standard InChI is InChI=1S/C12H16OS.FH/c1-8-6-10(7-9(2)12(8)13)11-4-3-5-14-11;/h6-7,11,13H,3-5H2,1-2H3;1H. The number of benzene rings is 1. The highest BCUT2D eigenvalue weighted by molar-refractivity contribution is 7.99. The summed E-state index contributed by atoms with van der Waals surface area (Å²) in [4.78, 5) is 0. The van der Waals surface area contributed by atoms with Gasteiger partial charge in [0.2, 0.25) is 0 Å². The Morgan fingerprint density at radius 3 is 2.33 bits per heavy atom. The summed E-state index contributed by atoms with van der Waals surface area (Å²) < 4.78 is 0. The van der Waals surface area contributed by atoms with E-state index in [1.807, 2.05) is 25.6 Å². The monoisotopic (exact) mass is 228 g/mol. The van der Waals surface area contributed by atoms with E-state index in [0.717, 1.165) is 11.1 Å². The van der Waals surface area contributed by atoms with Crippen molar-refractivity contribution in [3.05, 3.63) is 28.8 Å². The van der Waals surface area contributed by atoms with Crippen molar-refractivity contribution in [2.24, 2.45) is 0 Å². The largest absolute Gasteiger partial charge is 0.507 e. The number of hydrogen-bond acceptors (Lipinski definition) is 2. The van der Waals surface area contributed by atoms with E-state index < -0.39 is 0 Å². The third-order valence-electron chi connectivity index (χ3n) is 2.81. The molecule has 0 amide bonds.